The first kappa shape index (κ1) is 14.4. The summed E-state index contributed by atoms with van der Waals surface area (Å²) < 4.78 is 4.91. The number of methoxy groups -OCH3 is 1. The van der Waals surface area contributed by atoms with Gasteiger partial charge in [0, 0.05) is 47.7 Å². The van der Waals surface area contributed by atoms with Crippen molar-refractivity contribution >= 4 is 28.4 Å². The molecule has 3 rings (SSSR count). The number of nitrogens with one attached hydrogen (secondary N) is 1. The molecule has 1 saturated heterocycles. The number of piperidine rings is 1. The quantitative estimate of drug-likeness (QED) is 0.946. The fraction of sp³-hybridized carbons (Fsp3) is 0.438. The second-order valence-corrected chi connectivity index (χ2v) is 5.98. The van der Waals surface area contributed by atoms with E-state index in [4.69, 9.17) is 16.3 Å². The number of halogens is 1. The molecule has 2 aromatic rings. The number of ether oxygens (including phenoxy) is 1. The Morgan fingerprint density at radius 1 is 1.38 bits per heavy atom. The van der Waals surface area contributed by atoms with Crippen LogP contribution in [0, 0.1) is 0 Å². The molecule has 1 aromatic heterocycles. The maximum Gasteiger partial charge on any atom is 0.248 e. The van der Waals surface area contributed by atoms with Crippen LogP contribution >= 0.6 is 11.6 Å². The van der Waals surface area contributed by atoms with Crippen LogP contribution in [0.1, 0.15) is 24.5 Å². The molecule has 1 aromatic carbocycles. The van der Waals surface area contributed by atoms with Crippen molar-refractivity contribution in [2.24, 2.45) is 0 Å². The highest BCUT2D eigenvalue weighted by atomic mass is 35.5. The summed E-state index contributed by atoms with van der Waals surface area (Å²) >= 11 is 6.03. The van der Waals surface area contributed by atoms with Crippen molar-refractivity contribution in [3.05, 3.63) is 35.0 Å². The van der Waals surface area contributed by atoms with E-state index in [-0.39, 0.29) is 12.5 Å². The number of likely N-dealkylation sites (tertiary alicyclic amines) is 1. The normalized spacial score (nSPS) is 16.6. The first-order valence-corrected chi connectivity index (χ1v) is 7.60. The van der Waals surface area contributed by atoms with E-state index in [1.807, 2.05) is 23.1 Å². The number of carbonyl (C=O) groups excluding carboxylic acids is 1. The standard InChI is InChI=1S/C16H19ClN2O2/c1-21-10-16(20)19-6-4-11(5-7-19)15-9-12-8-13(17)2-3-14(12)18-15/h2-3,8-9,11,18H,4-7,10H2,1H3. The SMILES string of the molecule is COCC(=O)N1CCC(c2cc3cc(Cl)ccc3[nH]2)CC1. The zero-order chi connectivity index (χ0) is 14.8. The van der Waals surface area contributed by atoms with Gasteiger partial charge >= 0.3 is 0 Å². The molecule has 0 atom stereocenters. The summed E-state index contributed by atoms with van der Waals surface area (Å²) in [5.41, 5.74) is 2.36. The molecule has 0 spiro atoms. The lowest BCUT2D eigenvalue weighted by atomic mass is 9.93. The van der Waals surface area contributed by atoms with Crippen LogP contribution in [-0.2, 0) is 9.53 Å². The van der Waals surface area contributed by atoms with Gasteiger partial charge in [0.2, 0.25) is 5.91 Å². The molecule has 1 N–H and O–H groups in total. The van der Waals surface area contributed by atoms with Gasteiger partial charge in [-0.1, -0.05) is 11.6 Å². The van der Waals surface area contributed by atoms with Crippen molar-refractivity contribution in [3.63, 3.8) is 0 Å². The van der Waals surface area contributed by atoms with Gasteiger partial charge in [0.15, 0.2) is 0 Å². The third-order valence-corrected chi connectivity index (χ3v) is 4.39. The first-order valence-electron chi connectivity index (χ1n) is 7.22. The maximum absolute atomic E-state index is 11.8. The van der Waals surface area contributed by atoms with Gasteiger partial charge < -0.3 is 14.6 Å². The molecule has 2 heterocycles. The fourth-order valence-electron chi connectivity index (χ4n) is 3.00. The molecular weight excluding hydrogens is 288 g/mol. The van der Waals surface area contributed by atoms with Gasteiger partial charge in [-0.3, -0.25) is 4.79 Å². The molecule has 0 unspecified atom stereocenters. The van der Waals surface area contributed by atoms with Crippen LogP contribution in [0.25, 0.3) is 10.9 Å². The van der Waals surface area contributed by atoms with Crippen LogP contribution in [0.4, 0.5) is 0 Å². The minimum absolute atomic E-state index is 0.0828. The average Bonchev–Trinajstić information content (AvgIpc) is 2.90. The molecule has 1 aliphatic heterocycles. The van der Waals surface area contributed by atoms with Gasteiger partial charge in [0.05, 0.1) is 0 Å². The van der Waals surface area contributed by atoms with Crippen molar-refractivity contribution < 1.29 is 9.53 Å². The topological polar surface area (TPSA) is 45.3 Å². The van der Waals surface area contributed by atoms with Crippen molar-refractivity contribution in [1.82, 2.24) is 9.88 Å². The summed E-state index contributed by atoms with van der Waals surface area (Å²) in [7, 11) is 1.56. The zero-order valence-corrected chi connectivity index (χ0v) is 12.8. The Hall–Kier alpha value is -1.52. The lowest BCUT2D eigenvalue weighted by molar-refractivity contribution is -0.136. The number of H-pyrrole nitrogens is 1. The van der Waals surface area contributed by atoms with Gasteiger partial charge in [-0.2, -0.15) is 0 Å². The lowest BCUT2D eigenvalue weighted by Gasteiger charge is -2.31. The zero-order valence-electron chi connectivity index (χ0n) is 12.1. The van der Waals surface area contributed by atoms with E-state index in [0.717, 1.165) is 41.9 Å². The number of benzene rings is 1. The molecule has 1 aliphatic rings. The predicted octanol–water partition coefficient (Wildman–Crippen LogP) is 3.17. The minimum Gasteiger partial charge on any atom is -0.375 e. The number of aromatic amines is 1. The largest absolute Gasteiger partial charge is 0.375 e. The van der Waals surface area contributed by atoms with Crippen LogP contribution in [-0.4, -0.2) is 42.6 Å². The van der Waals surface area contributed by atoms with E-state index in [0.29, 0.717) is 5.92 Å². The molecule has 21 heavy (non-hydrogen) atoms. The number of hydrogen-bond donors (Lipinski definition) is 1. The molecule has 0 bridgehead atoms. The van der Waals surface area contributed by atoms with Crippen LogP contribution in [0.3, 0.4) is 0 Å². The van der Waals surface area contributed by atoms with E-state index < -0.39 is 0 Å². The molecule has 1 amide bonds. The van der Waals surface area contributed by atoms with Crippen molar-refractivity contribution in [2.45, 2.75) is 18.8 Å². The highest BCUT2D eigenvalue weighted by Crippen LogP contribution is 2.30. The summed E-state index contributed by atoms with van der Waals surface area (Å²) in [6, 6.07) is 8.07. The maximum atomic E-state index is 11.8. The molecule has 0 aliphatic carbocycles. The van der Waals surface area contributed by atoms with Crippen molar-refractivity contribution in [3.8, 4) is 0 Å². The Balaban J connectivity index is 1.69. The molecule has 1 fully saturated rings. The molecule has 112 valence electrons. The van der Waals surface area contributed by atoms with Crippen molar-refractivity contribution in [2.75, 3.05) is 26.8 Å². The van der Waals surface area contributed by atoms with E-state index in [1.54, 1.807) is 7.11 Å². The first-order chi connectivity index (χ1) is 10.2. The van der Waals surface area contributed by atoms with Crippen LogP contribution in [0.5, 0.6) is 0 Å². The third-order valence-electron chi connectivity index (χ3n) is 4.16. The monoisotopic (exact) mass is 306 g/mol. The summed E-state index contributed by atoms with van der Waals surface area (Å²) in [6.07, 6.45) is 1.96. The Kier molecular flexibility index (Phi) is 4.17. The fourth-order valence-corrected chi connectivity index (χ4v) is 3.18. The van der Waals surface area contributed by atoms with E-state index in [9.17, 15) is 4.79 Å². The Bertz CT molecular complexity index is 645. The van der Waals surface area contributed by atoms with Gasteiger partial charge in [0.25, 0.3) is 0 Å². The van der Waals surface area contributed by atoms with E-state index in [2.05, 4.69) is 11.1 Å². The number of rotatable bonds is 3. The summed E-state index contributed by atoms with van der Waals surface area (Å²) in [4.78, 5) is 17.2. The number of carbonyl (C=O) groups is 1. The van der Waals surface area contributed by atoms with Gasteiger partial charge in [-0.25, -0.2) is 0 Å². The smallest absolute Gasteiger partial charge is 0.248 e. The molecular formula is C16H19ClN2O2. The molecule has 5 heteroatoms. The highest BCUT2D eigenvalue weighted by molar-refractivity contribution is 6.31. The number of fused-ring (bicyclic) bond motifs is 1. The van der Waals surface area contributed by atoms with Gasteiger partial charge in [0.1, 0.15) is 6.61 Å². The average molecular weight is 307 g/mol. The van der Waals surface area contributed by atoms with E-state index >= 15 is 0 Å². The predicted molar refractivity (Wildman–Crippen MR) is 83.7 cm³/mol. The molecule has 4 nitrogen and oxygen atoms in total. The number of hydrogen-bond acceptors (Lipinski definition) is 2. The summed E-state index contributed by atoms with van der Waals surface area (Å²) in [5, 5.41) is 1.91. The molecule has 0 saturated carbocycles. The summed E-state index contributed by atoms with van der Waals surface area (Å²) in [6.45, 7) is 1.77. The van der Waals surface area contributed by atoms with Crippen LogP contribution < -0.4 is 0 Å². The van der Waals surface area contributed by atoms with Crippen LogP contribution in [0.2, 0.25) is 5.02 Å². The van der Waals surface area contributed by atoms with Gasteiger partial charge in [-0.15, -0.1) is 0 Å². The molecule has 0 radical (unpaired) electrons. The number of amides is 1. The summed E-state index contributed by atoms with van der Waals surface area (Å²) in [5.74, 6) is 0.558. The highest BCUT2D eigenvalue weighted by Gasteiger charge is 2.24. The Morgan fingerprint density at radius 3 is 2.86 bits per heavy atom. The second kappa shape index (κ2) is 6.08. The van der Waals surface area contributed by atoms with E-state index in [1.165, 1.54) is 5.69 Å². The number of aromatic nitrogens is 1. The Morgan fingerprint density at radius 2 is 2.14 bits per heavy atom. The second-order valence-electron chi connectivity index (χ2n) is 5.54. The Labute approximate surface area is 129 Å². The van der Waals surface area contributed by atoms with Gasteiger partial charge in [-0.05, 0) is 37.1 Å². The van der Waals surface area contributed by atoms with Crippen molar-refractivity contribution in [1.29, 1.82) is 0 Å². The number of nitrogens with zero attached hydrogens (tertiary/aromatic N) is 1. The minimum atomic E-state index is 0.0828. The van der Waals surface area contributed by atoms with Crippen LogP contribution in [0.15, 0.2) is 24.3 Å². The third kappa shape index (κ3) is 3.06. The lowest BCUT2D eigenvalue weighted by Crippen LogP contribution is -2.39.